The number of pyridine rings is 1. The Kier molecular flexibility index (Phi) is 10.1. The van der Waals surface area contributed by atoms with Gasteiger partial charge in [0.1, 0.15) is 0 Å². The van der Waals surface area contributed by atoms with Crippen LogP contribution in [0.5, 0.6) is 0 Å². The number of hydrogen-bond acceptors (Lipinski definition) is 8. The minimum atomic E-state index is -0.420. The number of nitrogens with one attached hydrogen (secondary N) is 7. The van der Waals surface area contributed by atoms with Gasteiger partial charge in [-0.3, -0.25) is 14.8 Å². The van der Waals surface area contributed by atoms with Crippen LogP contribution in [-0.4, -0.2) is 94.6 Å². The second-order valence-corrected chi connectivity index (χ2v) is 8.16. The summed E-state index contributed by atoms with van der Waals surface area (Å²) in [6.45, 7) is 7.60. The summed E-state index contributed by atoms with van der Waals surface area (Å²) in [6, 6.07) is 4.99. The molecule has 0 radical (unpaired) electrons. The van der Waals surface area contributed by atoms with E-state index in [4.69, 9.17) is 0 Å². The van der Waals surface area contributed by atoms with Gasteiger partial charge in [-0.2, -0.15) is 0 Å². The molecule has 0 aliphatic carbocycles. The number of fused-ring (bicyclic) bond motifs is 9. The SMILES string of the molecule is O=C1NCC[C@H]2CNCCNC[C@H](CCNC(=O)c3cccc1[n+]3O)NCCNCCN2. The summed E-state index contributed by atoms with van der Waals surface area (Å²) in [4.78, 5) is 25.2. The fourth-order valence-electron chi connectivity index (χ4n) is 3.88. The maximum atomic E-state index is 12.6. The van der Waals surface area contributed by atoms with E-state index in [9.17, 15) is 14.8 Å². The highest BCUT2D eigenvalue weighted by Crippen LogP contribution is 1.99. The lowest BCUT2D eigenvalue weighted by Gasteiger charge is -2.20. The monoisotopic (exact) mass is 449 g/mol. The van der Waals surface area contributed by atoms with Crippen molar-refractivity contribution < 1.29 is 19.5 Å². The van der Waals surface area contributed by atoms with Gasteiger partial charge in [0.05, 0.1) is 0 Å². The van der Waals surface area contributed by atoms with Crippen LogP contribution in [0.1, 0.15) is 33.8 Å². The van der Waals surface area contributed by atoms with E-state index in [1.165, 1.54) is 12.1 Å². The van der Waals surface area contributed by atoms with Crippen molar-refractivity contribution in [2.45, 2.75) is 24.9 Å². The van der Waals surface area contributed by atoms with E-state index in [1.807, 2.05) is 0 Å². The molecule has 3 heterocycles. The maximum Gasteiger partial charge on any atom is 0.322 e. The first-order chi connectivity index (χ1) is 15.6. The first-order valence-electron chi connectivity index (χ1n) is 11.5. The zero-order valence-electron chi connectivity index (χ0n) is 18.6. The molecule has 1 saturated heterocycles. The van der Waals surface area contributed by atoms with Gasteiger partial charge in [-0.25, -0.2) is 0 Å². The Hall–Kier alpha value is -2.31. The van der Waals surface area contributed by atoms with Crippen LogP contribution in [0.4, 0.5) is 0 Å². The zero-order chi connectivity index (χ0) is 22.6. The fraction of sp³-hybridized carbons (Fsp3) is 0.667. The quantitative estimate of drug-likeness (QED) is 0.156. The van der Waals surface area contributed by atoms with Crippen molar-refractivity contribution in [1.82, 2.24) is 37.2 Å². The minimum absolute atomic E-state index is 0.0283. The second kappa shape index (κ2) is 13.3. The first-order valence-corrected chi connectivity index (χ1v) is 11.5. The number of hydrogen-bond donors (Lipinski definition) is 8. The van der Waals surface area contributed by atoms with Gasteiger partial charge >= 0.3 is 23.2 Å². The highest BCUT2D eigenvalue weighted by molar-refractivity contribution is 5.93. The Morgan fingerprint density at radius 2 is 1.16 bits per heavy atom. The molecule has 2 aliphatic heterocycles. The topological polar surface area (TPSA) is 142 Å². The highest BCUT2D eigenvalue weighted by Gasteiger charge is 2.27. The Morgan fingerprint density at radius 3 is 1.66 bits per heavy atom. The Morgan fingerprint density at radius 1 is 0.688 bits per heavy atom. The van der Waals surface area contributed by atoms with Gasteiger partial charge in [0.15, 0.2) is 0 Å². The average molecular weight is 450 g/mol. The highest BCUT2D eigenvalue weighted by atomic mass is 16.5. The molecule has 32 heavy (non-hydrogen) atoms. The summed E-state index contributed by atoms with van der Waals surface area (Å²) < 4.78 is 0.664. The van der Waals surface area contributed by atoms with E-state index >= 15 is 0 Å². The van der Waals surface area contributed by atoms with Crippen LogP contribution in [0.25, 0.3) is 0 Å². The average Bonchev–Trinajstić information content (AvgIpc) is 2.79. The molecule has 11 nitrogen and oxygen atoms in total. The van der Waals surface area contributed by atoms with Crippen molar-refractivity contribution in [2.24, 2.45) is 0 Å². The standard InChI is InChI=1S/C21H36N8O3/c30-20-18-2-1-3-19(29(18)32)21(31)28-7-5-17-15-24-9-8-23-14-16(4-6-27-20)25-12-10-22-11-13-26-17/h1-3,16-17,22-26H,4-15H2,(H2-,27,28,30,31,32)/p+1/t16-,17-/m0/s1. The molecule has 4 bridgehead atoms. The lowest BCUT2D eigenvalue weighted by Crippen LogP contribution is -2.49. The largest absolute Gasteiger partial charge is 0.347 e. The van der Waals surface area contributed by atoms with E-state index in [2.05, 4.69) is 37.2 Å². The molecular formula is C21H37N8O3+. The molecule has 178 valence electrons. The third-order valence-electron chi connectivity index (χ3n) is 5.72. The zero-order valence-corrected chi connectivity index (χ0v) is 18.6. The van der Waals surface area contributed by atoms with Gasteiger partial charge in [0.25, 0.3) is 0 Å². The van der Waals surface area contributed by atoms with Crippen LogP contribution in [0, 0.1) is 0 Å². The third-order valence-corrected chi connectivity index (χ3v) is 5.72. The van der Waals surface area contributed by atoms with Crippen molar-refractivity contribution in [2.75, 3.05) is 65.4 Å². The molecule has 0 spiro atoms. The molecule has 11 heteroatoms. The molecule has 3 rings (SSSR count). The number of nitrogens with zero attached hydrogens (tertiary/aromatic N) is 1. The summed E-state index contributed by atoms with van der Waals surface area (Å²) in [5.41, 5.74) is 0.0566. The molecule has 0 saturated carbocycles. The van der Waals surface area contributed by atoms with E-state index < -0.39 is 11.8 Å². The Balaban J connectivity index is 1.77. The number of rotatable bonds is 0. The van der Waals surface area contributed by atoms with Crippen molar-refractivity contribution in [3.63, 3.8) is 0 Å². The maximum absolute atomic E-state index is 12.6. The van der Waals surface area contributed by atoms with Crippen LogP contribution >= 0.6 is 0 Å². The van der Waals surface area contributed by atoms with Crippen molar-refractivity contribution in [3.05, 3.63) is 29.6 Å². The predicted molar refractivity (Wildman–Crippen MR) is 120 cm³/mol. The lowest BCUT2D eigenvalue weighted by atomic mass is 10.2. The van der Waals surface area contributed by atoms with E-state index in [1.54, 1.807) is 6.07 Å². The molecular weight excluding hydrogens is 412 g/mol. The normalized spacial score (nSPS) is 25.4. The second-order valence-electron chi connectivity index (χ2n) is 8.16. The minimum Gasteiger partial charge on any atom is -0.347 e. The summed E-state index contributed by atoms with van der Waals surface area (Å²) in [7, 11) is 0. The van der Waals surface area contributed by atoms with Crippen molar-refractivity contribution in [3.8, 4) is 0 Å². The van der Waals surface area contributed by atoms with Crippen molar-refractivity contribution in [1.29, 1.82) is 0 Å². The molecule has 2 amide bonds. The molecule has 2 atom stereocenters. The van der Waals surface area contributed by atoms with Crippen molar-refractivity contribution >= 4 is 11.8 Å². The third kappa shape index (κ3) is 7.68. The van der Waals surface area contributed by atoms with Gasteiger partial charge in [0.2, 0.25) is 0 Å². The number of amides is 2. The van der Waals surface area contributed by atoms with Gasteiger partial charge in [0, 0.05) is 94.4 Å². The molecule has 8 N–H and O–H groups in total. The first kappa shape index (κ1) is 24.3. The molecule has 2 aliphatic rings. The van der Waals surface area contributed by atoms with Crippen LogP contribution in [0.3, 0.4) is 0 Å². The summed E-state index contributed by atoms with van der Waals surface area (Å²) in [5.74, 6) is -0.840. The summed E-state index contributed by atoms with van der Waals surface area (Å²) >= 11 is 0. The Bertz CT molecular complexity index is 692. The summed E-state index contributed by atoms with van der Waals surface area (Å²) in [5, 5.41) is 33.7. The smallest absolute Gasteiger partial charge is 0.322 e. The van der Waals surface area contributed by atoms with Crippen LogP contribution in [0.15, 0.2) is 18.2 Å². The van der Waals surface area contributed by atoms with Gasteiger partial charge in [-0.05, 0) is 18.9 Å². The lowest BCUT2D eigenvalue weighted by molar-refractivity contribution is -0.906. The van der Waals surface area contributed by atoms with E-state index in [-0.39, 0.29) is 23.5 Å². The van der Waals surface area contributed by atoms with Crippen LogP contribution in [-0.2, 0) is 0 Å². The number of carbonyl (C=O) groups is 2. The molecule has 1 fully saturated rings. The number of carbonyl (C=O) groups excluding carboxylic acids is 2. The molecule has 0 aromatic carbocycles. The fourth-order valence-corrected chi connectivity index (χ4v) is 3.88. The molecule has 1 aromatic rings. The van der Waals surface area contributed by atoms with Gasteiger partial charge in [-0.15, -0.1) is 0 Å². The predicted octanol–water partition coefficient (Wildman–Crippen LogP) is -2.84. The molecule has 1 aromatic heterocycles. The molecule has 0 unspecified atom stereocenters. The van der Waals surface area contributed by atoms with Crippen LogP contribution < -0.4 is 41.9 Å². The van der Waals surface area contributed by atoms with Crippen LogP contribution in [0.2, 0.25) is 0 Å². The Labute approximate surface area is 189 Å². The van der Waals surface area contributed by atoms with Gasteiger partial charge < -0.3 is 37.2 Å². The van der Waals surface area contributed by atoms with Gasteiger partial charge in [-0.1, -0.05) is 0 Å². The van der Waals surface area contributed by atoms with E-state index in [0.29, 0.717) is 17.8 Å². The number of aromatic nitrogens is 1. The summed E-state index contributed by atoms with van der Waals surface area (Å²) in [6.07, 6.45) is 1.48. The van der Waals surface area contributed by atoms with E-state index in [0.717, 1.165) is 65.2 Å².